The van der Waals surface area contributed by atoms with Gasteiger partial charge in [0, 0.05) is 21.7 Å². The topological polar surface area (TPSA) is 26.3 Å². The van der Waals surface area contributed by atoms with Crippen molar-refractivity contribution in [2.75, 3.05) is 0 Å². The van der Waals surface area contributed by atoms with E-state index in [1.807, 2.05) is 57.2 Å². The van der Waals surface area contributed by atoms with E-state index < -0.39 is 0 Å². The second kappa shape index (κ2) is 9.40. The summed E-state index contributed by atoms with van der Waals surface area (Å²) in [5.41, 5.74) is 5.39. The third-order valence-electron chi connectivity index (χ3n) is 5.29. The average molecular weight is 435 g/mol. The first-order valence-corrected chi connectivity index (χ1v) is 11.9. The van der Waals surface area contributed by atoms with Gasteiger partial charge < -0.3 is 4.74 Å². The Kier molecular flexibility index (Phi) is 7.06. The zero-order valence-electron chi connectivity index (χ0n) is 19.8. The summed E-state index contributed by atoms with van der Waals surface area (Å²) in [5, 5.41) is 0. The molecule has 0 unspecified atom stereocenters. The smallest absolute Gasteiger partial charge is 0.163 e. The van der Waals surface area contributed by atoms with Crippen molar-refractivity contribution in [2.24, 2.45) is 0 Å². The number of hydrogen-bond donors (Lipinski definition) is 0. The summed E-state index contributed by atoms with van der Waals surface area (Å²) >= 11 is 1.82. The van der Waals surface area contributed by atoms with Crippen LogP contribution in [0, 0.1) is 13.8 Å². The third-order valence-corrected chi connectivity index (χ3v) is 6.55. The van der Waals surface area contributed by atoms with Crippen molar-refractivity contribution < 1.29 is 9.53 Å². The van der Waals surface area contributed by atoms with Crippen molar-refractivity contribution in [1.29, 1.82) is 0 Å². The predicted molar refractivity (Wildman–Crippen MR) is 133 cm³/mol. The molecule has 0 aliphatic heterocycles. The van der Waals surface area contributed by atoms with Crippen LogP contribution >= 0.6 is 11.3 Å². The summed E-state index contributed by atoms with van der Waals surface area (Å²) in [7, 11) is 0. The number of rotatable bonds is 7. The molecule has 0 atom stereocenters. The van der Waals surface area contributed by atoms with E-state index in [-0.39, 0.29) is 11.4 Å². The van der Waals surface area contributed by atoms with Gasteiger partial charge in [0.05, 0.1) is 0 Å². The Morgan fingerprint density at radius 2 is 1.68 bits per heavy atom. The standard InChI is InChI=1S/C28H34O2S/c1-18(2)23-17-27(21-10-8-19(3)9-11-21)31-26(23)15-13-24(29)22-12-14-25(20(4)16-22)30-28(5,6)7/h8-12,14,16-18H,13,15H2,1-7H3. The molecule has 0 saturated heterocycles. The second-order valence-electron chi connectivity index (χ2n) is 9.63. The number of thiophene rings is 1. The average Bonchev–Trinajstić information content (AvgIpc) is 3.12. The normalized spacial score (nSPS) is 11.7. The minimum absolute atomic E-state index is 0.186. The lowest BCUT2D eigenvalue weighted by molar-refractivity contribution is 0.0982. The molecule has 1 heterocycles. The molecular weight excluding hydrogens is 400 g/mol. The molecule has 0 N–H and O–H groups in total. The highest BCUT2D eigenvalue weighted by Crippen LogP contribution is 2.36. The lowest BCUT2D eigenvalue weighted by Crippen LogP contribution is -2.23. The maximum Gasteiger partial charge on any atom is 0.163 e. The Morgan fingerprint density at radius 1 is 1.00 bits per heavy atom. The molecule has 0 radical (unpaired) electrons. The van der Waals surface area contributed by atoms with E-state index >= 15 is 0 Å². The number of ketones is 1. The molecule has 164 valence electrons. The molecule has 3 rings (SSSR count). The van der Waals surface area contributed by atoms with E-state index in [0.29, 0.717) is 12.3 Å². The van der Waals surface area contributed by atoms with Crippen molar-refractivity contribution >= 4 is 17.1 Å². The lowest BCUT2D eigenvalue weighted by Gasteiger charge is -2.22. The van der Waals surface area contributed by atoms with Crippen LogP contribution in [0.1, 0.15) is 78.9 Å². The van der Waals surface area contributed by atoms with E-state index in [1.54, 1.807) is 0 Å². The number of Topliss-reactive ketones (excluding diaryl/α,β-unsaturated/α-hetero) is 1. The van der Waals surface area contributed by atoms with Crippen molar-refractivity contribution in [3.8, 4) is 16.2 Å². The fraction of sp³-hybridized carbons (Fsp3) is 0.393. The first-order chi connectivity index (χ1) is 14.5. The van der Waals surface area contributed by atoms with Crippen molar-refractivity contribution in [3.05, 3.63) is 75.7 Å². The number of aryl methyl sites for hydroxylation is 3. The molecule has 3 heteroatoms. The maximum absolute atomic E-state index is 12.9. The van der Waals surface area contributed by atoms with Gasteiger partial charge in [-0.3, -0.25) is 4.79 Å². The quantitative estimate of drug-likeness (QED) is 0.351. The van der Waals surface area contributed by atoms with Gasteiger partial charge in [-0.25, -0.2) is 0 Å². The Balaban J connectivity index is 1.75. The number of hydrogen-bond acceptors (Lipinski definition) is 3. The van der Waals surface area contributed by atoms with Gasteiger partial charge in [0.2, 0.25) is 0 Å². The Labute approximate surface area is 191 Å². The lowest BCUT2D eigenvalue weighted by atomic mass is 9.98. The minimum atomic E-state index is -0.252. The monoisotopic (exact) mass is 434 g/mol. The molecule has 0 fully saturated rings. The van der Waals surface area contributed by atoms with Gasteiger partial charge in [0.15, 0.2) is 5.78 Å². The van der Waals surface area contributed by atoms with Crippen LogP contribution in [0.4, 0.5) is 0 Å². The van der Waals surface area contributed by atoms with Gasteiger partial charge in [0.1, 0.15) is 11.4 Å². The third kappa shape index (κ3) is 6.07. The van der Waals surface area contributed by atoms with Crippen LogP contribution in [0.2, 0.25) is 0 Å². The highest BCUT2D eigenvalue weighted by atomic mass is 32.1. The number of benzene rings is 2. The summed E-state index contributed by atoms with van der Waals surface area (Å²) < 4.78 is 5.98. The van der Waals surface area contributed by atoms with E-state index in [1.165, 1.54) is 26.4 Å². The van der Waals surface area contributed by atoms with E-state index in [0.717, 1.165) is 23.3 Å². The number of ether oxygens (including phenoxy) is 1. The summed E-state index contributed by atoms with van der Waals surface area (Å²) in [6.45, 7) is 14.7. The first-order valence-electron chi connectivity index (χ1n) is 11.1. The fourth-order valence-electron chi connectivity index (χ4n) is 3.63. The largest absolute Gasteiger partial charge is 0.488 e. The molecule has 0 aliphatic rings. The Bertz CT molecular complexity index is 1050. The van der Waals surface area contributed by atoms with Crippen LogP contribution in [0.25, 0.3) is 10.4 Å². The number of carbonyl (C=O) groups is 1. The fourth-order valence-corrected chi connectivity index (χ4v) is 4.95. The molecule has 0 spiro atoms. The summed E-state index contributed by atoms with van der Waals surface area (Å²) in [4.78, 5) is 15.5. The summed E-state index contributed by atoms with van der Waals surface area (Å²) in [5.74, 6) is 1.47. The minimum Gasteiger partial charge on any atom is -0.488 e. The van der Waals surface area contributed by atoms with Gasteiger partial charge in [-0.15, -0.1) is 11.3 Å². The van der Waals surface area contributed by atoms with Gasteiger partial charge in [0.25, 0.3) is 0 Å². The predicted octanol–water partition coefficient (Wildman–Crippen LogP) is 8.15. The van der Waals surface area contributed by atoms with E-state index in [2.05, 4.69) is 51.1 Å². The van der Waals surface area contributed by atoms with Gasteiger partial charge in [-0.2, -0.15) is 0 Å². The maximum atomic E-state index is 12.9. The van der Waals surface area contributed by atoms with Crippen LogP contribution in [0.3, 0.4) is 0 Å². The molecule has 1 aromatic heterocycles. The Hall–Kier alpha value is -2.39. The van der Waals surface area contributed by atoms with Crippen LogP contribution in [-0.2, 0) is 6.42 Å². The molecule has 0 amide bonds. The summed E-state index contributed by atoms with van der Waals surface area (Å²) in [6.07, 6.45) is 1.30. The van der Waals surface area contributed by atoms with Gasteiger partial charge >= 0.3 is 0 Å². The van der Waals surface area contributed by atoms with E-state index in [9.17, 15) is 4.79 Å². The van der Waals surface area contributed by atoms with Crippen molar-refractivity contribution in [3.63, 3.8) is 0 Å². The second-order valence-corrected chi connectivity index (χ2v) is 10.8. The summed E-state index contributed by atoms with van der Waals surface area (Å²) in [6, 6.07) is 16.8. The zero-order chi connectivity index (χ0) is 22.8. The van der Waals surface area contributed by atoms with Crippen molar-refractivity contribution in [1.82, 2.24) is 0 Å². The molecule has 2 aromatic carbocycles. The van der Waals surface area contributed by atoms with Crippen molar-refractivity contribution in [2.45, 2.75) is 72.8 Å². The molecule has 0 saturated carbocycles. The van der Waals surface area contributed by atoms with Crippen LogP contribution < -0.4 is 4.74 Å². The van der Waals surface area contributed by atoms with Gasteiger partial charge in [-0.1, -0.05) is 43.7 Å². The van der Waals surface area contributed by atoms with Crippen LogP contribution in [0.5, 0.6) is 5.75 Å². The van der Waals surface area contributed by atoms with E-state index in [4.69, 9.17) is 4.74 Å². The molecule has 2 nitrogen and oxygen atoms in total. The molecule has 3 aromatic rings. The zero-order valence-corrected chi connectivity index (χ0v) is 20.7. The highest BCUT2D eigenvalue weighted by Gasteiger charge is 2.17. The molecule has 31 heavy (non-hydrogen) atoms. The highest BCUT2D eigenvalue weighted by molar-refractivity contribution is 7.15. The molecular formula is C28H34O2S. The molecule has 0 aliphatic carbocycles. The SMILES string of the molecule is Cc1ccc(-c2cc(C(C)C)c(CCC(=O)c3ccc(OC(C)(C)C)c(C)c3)s2)cc1. The number of carbonyl (C=O) groups excluding carboxylic acids is 1. The first kappa shape index (κ1) is 23.3. The molecule has 0 bridgehead atoms. The van der Waals surface area contributed by atoms with Gasteiger partial charge in [-0.05, 0) is 87.9 Å². The Morgan fingerprint density at radius 3 is 2.26 bits per heavy atom. The van der Waals surface area contributed by atoms with Crippen LogP contribution in [0.15, 0.2) is 48.5 Å². The van der Waals surface area contributed by atoms with Crippen LogP contribution in [-0.4, -0.2) is 11.4 Å².